The number of pyridine rings is 1. The van der Waals surface area contributed by atoms with Crippen LogP contribution in [-0.2, 0) is 11.3 Å². The molecule has 3 heterocycles. The van der Waals surface area contributed by atoms with Crippen molar-refractivity contribution < 1.29 is 9.47 Å². The Bertz CT molecular complexity index is 1110. The van der Waals surface area contributed by atoms with E-state index in [-0.39, 0.29) is 0 Å². The zero-order chi connectivity index (χ0) is 18.9. The molecule has 28 heavy (non-hydrogen) atoms. The maximum atomic E-state index is 5.53. The van der Waals surface area contributed by atoms with E-state index in [1.807, 2.05) is 12.1 Å². The highest BCUT2D eigenvalue weighted by molar-refractivity contribution is 5.95. The third-order valence-electron chi connectivity index (χ3n) is 5.46. The van der Waals surface area contributed by atoms with Crippen LogP contribution >= 0.6 is 0 Å². The number of morpholine rings is 1. The molecule has 0 N–H and O–H groups in total. The van der Waals surface area contributed by atoms with Crippen LogP contribution in [0.25, 0.3) is 27.7 Å². The van der Waals surface area contributed by atoms with E-state index in [9.17, 15) is 0 Å². The van der Waals surface area contributed by atoms with Crippen molar-refractivity contribution in [3.05, 3.63) is 66.5 Å². The van der Waals surface area contributed by atoms with Crippen LogP contribution < -0.4 is 4.74 Å². The van der Waals surface area contributed by atoms with E-state index in [0.717, 1.165) is 55.5 Å². The molecule has 1 aliphatic heterocycles. The molecule has 0 radical (unpaired) electrons. The van der Waals surface area contributed by atoms with Crippen molar-refractivity contribution in [3.63, 3.8) is 0 Å². The zero-order valence-corrected chi connectivity index (χ0v) is 16.0. The summed E-state index contributed by atoms with van der Waals surface area (Å²) in [4.78, 5) is 7.54. The lowest BCUT2D eigenvalue weighted by molar-refractivity contribution is 0.0336. The first-order valence-corrected chi connectivity index (χ1v) is 9.67. The van der Waals surface area contributed by atoms with Gasteiger partial charge >= 0.3 is 0 Å². The molecule has 0 aliphatic carbocycles. The van der Waals surface area contributed by atoms with E-state index in [4.69, 9.17) is 14.5 Å². The van der Waals surface area contributed by atoms with Crippen molar-refractivity contribution in [2.24, 2.45) is 0 Å². The Morgan fingerprint density at radius 3 is 2.57 bits per heavy atom. The van der Waals surface area contributed by atoms with Crippen molar-refractivity contribution in [2.75, 3.05) is 33.4 Å². The molecule has 0 spiro atoms. The predicted octanol–water partition coefficient (Wildman–Crippen LogP) is 4.00. The van der Waals surface area contributed by atoms with Gasteiger partial charge in [-0.3, -0.25) is 4.90 Å². The first-order chi connectivity index (χ1) is 13.8. The highest BCUT2D eigenvalue weighted by Crippen LogP contribution is 2.30. The number of ether oxygens (including phenoxy) is 2. The van der Waals surface area contributed by atoms with Gasteiger partial charge < -0.3 is 13.9 Å². The quantitative estimate of drug-likeness (QED) is 0.542. The van der Waals surface area contributed by atoms with Crippen LogP contribution in [0.15, 0.2) is 60.8 Å². The minimum atomic E-state index is 0.789. The average molecular weight is 373 g/mol. The second kappa shape index (κ2) is 7.26. The highest BCUT2D eigenvalue weighted by Gasteiger charge is 2.20. The first-order valence-electron chi connectivity index (χ1n) is 9.67. The fourth-order valence-electron chi connectivity index (χ4n) is 3.92. The van der Waals surface area contributed by atoms with Crippen molar-refractivity contribution in [1.29, 1.82) is 0 Å². The largest absolute Gasteiger partial charge is 0.497 e. The summed E-state index contributed by atoms with van der Waals surface area (Å²) in [7, 11) is 1.69. The minimum absolute atomic E-state index is 0.789. The molecule has 0 unspecified atom stereocenters. The molecule has 0 amide bonds. The highest BCUT2D eigenvalue weighted by atomic mass is 16.5. The molecule has 5 heteroatoms. The molecule has 5 rings (SSSR count). The van der Waals surface area contributed by atoms with E-state index in [2.05, 4.69) is 58.0 Å². The Kier molecular flexibility index (Phi) is 4.47. The van der Waals surface area contributed by atoms with E-state index in [1.54, 1.807) is 7.11 Å². The monoisotopic (exact) mass is 373 g/mol. The van der Waals surface area contributed by atoms with Gasteiger partial charge in [0.15, 0.2) is 0 Å². The number of aromatic nitrogens is 2. The van der Waals surface area contributed by atoms with Gasteiger partial charge in [0.2, 0.25) is 0 Å². The summed E-state index contributed by atoms with van der Waals surface area (Å²) < 4.78 is 13.1. The number of nitrogens with zero attached hydrogens (tertiary/aromatic N) is 3. The predicted molar refractivity (Wildman–Crippen MR) is 111 cm³/mol. The van der Waals surface area contributed by atoms with Crippen LogP contribution in [0, 0.1) is 0 Å². The van der Waals surface area contributed by atoms with Gasteiger partial charge in [0, 0.05) is 36.8 Å². The summed E-state index contributed by atoms with van der Waals surface area (Å²) >= 11 is 0. The molecule has 4 aromatic rings. The molecule has 1 aliphatic rings. The number of rotatable bonds is 4. The van der Waals surface area contributed by atoms with E-state index >= 15 is 0 Å². The molecule has 0 atom stereocenters. The Morgan fingerprint density at radius 1 is 1.00 bits per heavy atom. The summed E-state index contributed by atoms with van der Waals surface area (Å²) in [6, 6.07) is 18.8. The third kappa shape index (κ3) is 3.03. The number of fused-ring (bicyclic) bond motifs is 3. The van der Waals surface area contributed by atoms with Gasteiger partial charge in [-0.2, -0.15) is 0 Å². The Morgan fingerprint density at radius 2 is 1.79 bits per heavy atom. The summed E-state index contributed by atoms with van der Waals surface area (Å²) in [5.41, 5.74) is 4.36. The van der Waals surface area contributed by atoms with Crippen LogP contribution in [0.5, 0.6) is 5.75 Å². The van der Waals surface area contributed by atoms with Crippen LogP contribution in [0.1, 0.15) is 5.69 Å². The number of imidazole rings is 1. The lowest BCUT2D eigenvalue weighted by Gasteiger charge is -2.26. The molecule has 1 saturated heterocycles. The van der Waals surface area contributed by atoms with Crippen molar-refractivity contribution in [1.82, 2.24) is 14.3 Å². The number of hydrogen-bond donors (Lipinski definition) is 0. The molecular formula is C23H23N3O2. The summed E-state index contributed by atoms with van der Waals surface area (Å²) in [6.07, 6.45) is 2.15. The van der Waals surface area contributed by atoms with Gasteiger partial charge in [-0.05, 0) is 35.7 Å². The standard InChI is InChI=1S/C23H23N3O2/c1-27-19-8-6-18(7-9-19)22-21(16-25-12-14-28-15-13-25)26-11-10-17-4-2-3-5-20(17)23(26)24-22/h2-11H,12-16H2,1H3. The molecule has 2 aromatic carbocycles. The van der Waals surface area contributed by atoms with E-state index in [1.165, 1.54) is 16.5 Å². The lowest BCUT2D eigenvalue weighted by atomic mass is 10.1. The molecule has 1 fully saturated rings. The van der Waals surface area contributed by atoms with Crippen LogP contribution in [-0.4, -0.2) is 47.7 Å². The Hall–Kier alpha value is -2.89. The van der Waals surface area contributed by atoms with Crippen molar-refractivity contribution >= 4 is 16.4 Å². The third-order valence-corrected chi connectivity index (χ3v) is 5.46. The lowest BCUT2D eigenvalue weighted by Crippen LogP contribution is -2.36. The summed E-state index contributed by atoms with van der Waals surface area (Å²) in [5.74, 6) is 0.854. The van der Waals surface area contributed by atoms with Gasteiger partial charge in [-0.25, -0.2) is 4.98 Å². The van der Waals surface area contributed by atoms with Crippen LogP contribution in [0.2, 0.25) is 0 Å². The van der Waals surface area contributed by atoms with Gasteiger partial charge in [-0.1, -0.05) is 24.3 Å². The van der Waals surface area contributed by atoms with E-state index < -0.39 is 0 Å². The van der Waals surface area contributed by atoms with Gasteiger partial charge in [0.05, 0.1) is 31.7 Å². The maximum Gasteiger partial charge on any atom is 0.145 e. The van der Waals surface area contributed by atoms with Crippen LogP contribution in [0.3, 0.4) is 0 Å². The fourth-order valence-corrected chi connectivity index (χ4v) is 3.92. The smallest absolute Gasteiger partial charge is 0.145 e. The Balaban J connectivity index is 1.69. The molecule has 0 bridgehead atoms. The number of methoxy groups -OCH3 is 1. The van der Waals surface area contributed by atoms with Crippen molar-refractivity contribution in [3.8, 4) is 17.0 Å². The SMILES string of the molecule is COc1ccc(-c2nc3c4ccccc4ccn3c2CN2CCOCC2)cc1. The summed E-state index contributed by atoms with van der Waals surface area (Å²) in [5, 5.41) is 2.38. The Labute approximate surface area is 164 Å². The van der Waals surface area contributed by atoms with Gasteiger partial charge in [0.1, 0.15) is 11.4 Å². The van der Waals surface area contributed by atoms with Crippen molar-refractivity contribution in [2.45, 2.75) is 6.54 Å². The van der Waals surface area contributed by atoms with E-state index in [0.29, 0.717) is 0 Å². The topological polar surface area (TPSA) is 39.0 Å². The normalized spacial score (nSPS) is 15.3. The fraction of sp³-hybridized carbons (Fsp3) is 0.261. The van der Waals surface area contributed by atoms with Gasteiger partial charge in [-0.15, -0.1) is 0 Å². The number of hydrogen-bond acceptors (Lipinski definition) is 4. The molecule has 2 aromatic heterocycles. The second-order valence-electron chi connectivity index (χ2n) is 7.12. The second-order valence-corrected chi connectivity index (χ2v) is 7.12. The van der Waals surface area contributed by atoms with Gasteiger partial charge in [0.25, 0.3) is 0 Å². The minimum Gasteiger partial charge on any atom is -0.497 e. The first kappa shape index (κ1) is 17.2. The zero-order valence-electron chi connectivity index (χ0n) is 16.0. The molecule has 5 nitrogen and oxygen atoms in total. The molecule has 0 saturated carbocycles. The van der Waals surface area contributed by atoms with Crippen LogP contribution in [0.4, 0.5) is 0 Å². The summed E-state index contributed by atoms with van der Waals surface area (Å²) in [6.45, 7) is 4.32. The molecule has 142 valence electrons. The number of benzene rings is 2. The average Bonchev–Trinajstić information content (AvgIpc) is 3.13. The molecular weight excluding hydrogens is 350 g/mol. The maximum absolute atomic E-state index is 5.53.